The van der Waals surface area contributed by atoms with Crippen molar-refractivity contribution in [2.45, 2.75) is 97.4 Å². The van der Waals surface area contributed by atoms with E-state index in [9.17, 15) is 33.9 Å². The average molecular weight is 1130 g/mol. The number of thiazole rings is 1. The van der Waals surface area contributed by atoms with Gasteiger partial charge in [0.25, 0.3) is 17.7 Å². The van der Waals surface area contributed by atoms with E-state index in [1.54, 1.807) is 18.3 Å². The Morgan fingerprint density at radius 3 is 2.33 bits per heavy atom. The Labute approximate surface area is 478 Å². The molecule has 6 aromatic rings. The highest BCUT2D eigenvalue weighted by molar-refractivity contribution is 7.22. The fourth-order valence-corrected chi connectivity index (χ4v) is 15.1. The number of benzene rings is 3. The standard InChI is InChI=1S/C61H67N9O11S/c1-39-45(43-15-16-49(66-53(43)55(75)76)68-23-19-41-7-6-8-44(46(41)30-68)54(74)67-56-65-47-9-4-5-10-48(47)82-56)29-64-70(39)38-60-33-58(2)32-59(3,34-60)36-61(35-58,37-60)81-26-22-63-57(77)80-31-40-11-13-42(14-12-40)79-28-27-78-25-21-62-50(71)20-24-69-51(72)17-18-52(69)73/h4-18,29H,19-28,30-38H2,1-3H3,(H,62,71)(H,63,77)(H,75,76)(H,65,67,74). The number of nitrogens with zero attached hydrogens (tertiary/aromatic N) is 6. The molecule has 82 heavy (non-hydrogen) atoms. The number of ether oxygens (including phenoxy) is 4. The molecule has 3 aromatic heterocycles. The van der Waals surface area contributed by atoms with E-state index in [1.165, 1.54) is 23.5 Å². The molecular formula is C61H67N9O11S. The van der Waals surface area contributed by atoms with Crippen LogP contribution in [0.3, 0.4) is 0 Å². The molecule has 0 spiro atoms. The third-order valence-corrected chi connectivity index (χ3v) is 17.5. The number of pyridine rings is 1. The summed E-state index contributed by atoms with van der Waals surface area (Å²) in [5, 5.41) is 24.7. The highest BCUT2D eigenvalue weighted by Crippen LogP contribution is 2.72. The monoisotopic (exact) mass is 1130 g/mol. The van der Waals surface area contributed by atoms with Gasteiger partial charge in [0.05, 0.1) is 41.8 Å². The molecule has 0 radical (unpaired) electrons. The molecule has 2 aliphatic heterocycles. The number of fused-ring (bicyclic) bond motifs is 2. The van der Waals surface area contributed by atoms with Gasteiger partial charge in [-0.3, -0.25) is 34.1 Å². The lowest BCUT2D eigenvalue weighted by molar-refractivity contribution is -0.247. The number of aromatic carboxylic acids is 1. The van der Waals surface area contributed by atoms with Crippen molar-refractivity contribution in [1.82, 2.24) is 35.3 Å². The molecule has 21 heteroatoms. The summed E-state index contributed by atoms with van der Waals surface area (Å²) in [7, 11) is 0. The number of nitrogens with one attached hydrogen (secondary N) is 3. The SMILES string of the molecule is Cc1c(-c2ccc(N3CCc4cccc(C(=O)Nc5nc6ccccc6s5)c4C3)nc2C(=O)O)cnn1CC12CC3(C)CC(C)(C1)CC(OCCNC(=O)OCc1ccc(OCCOCCNC(=O)CCN4C(=O)C=CC4=O)cc1)(C3)C2. The van der Waals surface area contributed by atoms with Crippen molar-refractivity contribution >= 4 is 68.2 Å². The first-order chi connectivity index (χ1) is 39.4. The molecule has 2 unspecified atom stereocenters. The molecule has 3 aromatic carbocycles. The number of carboxylic acids is 1. The molecule has 6 aliphatic rings. The van der Waals surface area contributed by atoms with Crippen LogP contribution in [0, 0.1) is 23.2 Å². The van der Waals surface area contributed by atoms with Gasteiger partial charge < -0.3 is 39.6 Å². The smallest absolute Gasteiger partial charge is 0.407 e. The highest BCUT2D eigenvalue weighted by Gasteiger charge is 2.66. The van der Waals surface area contributed by atoms with E-state index in [-0.39, 0.29) is 78.7 Å². The first-order valence-corrected chi connectivity index (χ1v) is 28.7. The number of carbonyl (C=O) groups excluding carboxylic acids is 5. The van der Waals surface area contributed by atoms with E-state index >= 15 is 0 Å². The van der Waals surface area contributed by atoms with E-state index in [4.69, 9.17) is 29.0 Å². The topological polar surface area (TPSA) is 246 Å². The molecule has 4 bridgehead atoms. The lowest BCUT2D eigenvalue weighted by atomic mass is 9.39. The first kappa shape index (κ1) is 55.9. The molecule has 4 aliphatic carbocycles. The molecular weight excluding hydrogens is 1070 g/mol. The Morgan fingerprint density at radius 2 is 1.56 bits per heavy atom. The zero-order valence-electron chi connectivity index (χ0n) is 46.3. The van der Waals surface area contributed by atoms with Crippen LogP contribution in [0.15, 0.2) is 97.2 Å². The fourth-order valence-electron chi connectivity index (χ4n) is 14.3. The van der Waals surface area contributed by atoms with Crippen molar-refractivity contribution in [3.63, 3.8) is 0 Å². The molecule has 4 fully saturated rings. The van der Waals surface area contributed by atoms with Gasteiger partial charge >= 0.3 is 12.1 Å². The van der Waals surface area contributed by atoms with Gasteiger partial charge in [0.2, 0.25) is 5.91 Å². The predicted molar refractivity (Wildman–Crippen MR) is 305 cm³/mol. The van der Waals surface area contributed by atoms with Gasteiger partial charge in [-0.15, -0.1) is 0 Å². The van der Waals surface area contributed by atoms with Crippen LogP contribution in [0.5, 0.6) is 5.75 Å². The zero-order chi connectivity index (χ0) is 57.2. The number of anilines is 2. The van der Waals surface area contributed by atoms with Crippen molar-refractivity contribution < 1.29 is 52.8 Å². The average Bonchev–Trinajstić information content (AvgIpc) is 2.21. The number of para-hydroxylation sites is 1. The number of carboxylic acid groups (broad SMARTS) is 1. The Kier molecular flexibility index (Phi) is 15.7. The van der Waals surface area contributed by atoms with Crippen LogP contribution in [0.1, 0.15) is 102 Å². The van der Waals surface area contributed by atoms with Crippen LogP contribution in [0.4, 0.5) is 15.7 Å². The van der Waals surface area contributed by atoms with Gasteiger partial charge in [-0.25, -0.2) is 19.6 Å². The fraction of sp³-hybridized carbons (Fsp3) is 0.426. The molecule has 5 heterocycles. The van der Waals surface area contributed by atoms with Crippen molar-refractivity contribution in [2.24, 2.45) is 16.2 Å². The molecule has 5 amide bonds. The number of imide groups is 1. The van der Waals surface area contributed by atoms with Crippen molar-refractivity contribution in [3.05, 3.63) is 131 Å². The second-order valence-electron chi connectivity index (χ2n) is 23.3. The minimum absolute atomic E-state index is 0.0164. The summed E-state index contributed by atoms with van der Waals surface area (Å²) in [4.78, 5) is 87.3. The predicted octanol–water partition coefficient (Wildman–Crippen LogP) is 8.27. The number of alkyl carbamates (subject to hydrolysis) is 1. The second-order valence-corrected chi connectivity index (χ2v) is 24.3. The maximum absolute atomic E-state index is 13.7. The van der Waals surface area contributed by atoms with Crippen LogP contribution >= 0.6 is 11.3 Å². The van der Waals surface area contributed by atoms with Crippen LogP contribution in [0.25, 0.3) is 21.3 Å². The summed E-state index contributed by atoms with van der Waals surface area (Å²) >= 11 is 1.42. The Hall–Kier alpha value is -8.01. The normalized spacial score (nSPS) is 22.4. The number of rotatable bonds is 23. The molecule has 20 nitrogen and oxygen atoms in total. The minimum Gasteiger partial charge on any atom is -0.491 e. The minimum atomic E-state index is -1.14. The summed E-state index contributed by atoms with van der Waals surface area (Å²) < 4.78 is 26.7. The number of hydrogen-bond donors (Lipinski definition) is 4. The van der Waals surface area contributed by atoms with E-state index in [2.05, 4.69) is 34.8 Å². The van der Waals surface area contributed by atoms with Gasteiger partial charge in [-0.2, -0.15) is 5.10 Å². The first-order valence-electron chi connectivity index (χ1n) is 27.9. The summed E-state index contributed by atoms with van der Waals surface area (Å²) in [6.45, 7) is 10.3. The molecule has 12 rings (SSSR count). The van der Waals surface area contributed by atoms with Crippen molar-refractivity contribution in [3.8, 4) is 16.9 Å². The van der Waals surface area contributed by atoms with E-state index in [0.29, 0.717) is 79.2 Å². The third-order valence-electron chi connectivity index (χ3n) is 16.6. The van der Waals surface area contributed by atoms with Crippen molar-refractivity contribution in [1.29, 1.82) is 0 Å². The van der Waals surface area contributed by atoms with Gasteiger partial charge in [-0.05, 0) is 127 Å². The second kappa shape index (κ2) is 23.1. The molecule has 2 atom stereocenters. The quantitative estimate of drug-likeness (QED) is 0.0348. The summed E-state index contributed by atoms with van der Waals surface area (Å²) in [5.74, 6) is -1.36. The molecule has 428 valence electrons. The number of aromatic nitrogens is 4. The third kappa shape index (κ3) is 12.3. The van der Waals surface area contributed by atoms with Crippen LogP contribution in [0.2, 0.25) is 0 Å². The lowest BCUT2D eigenvalue weighted by Gasteiger charge is -2.69. The van der Waals surface area contributed by atoms with Crippen LogP contribution in [-0.2, 0) is 54.7 Å². The van der Waals surface area contributed by atoms with Crippen LogP contribution < -0.4 is 25.6 Å². The zero-order valence-corrected chi connectivity index (χ0v) is 47.1. The van der Waals surface area contributed by atoms with Gasteiger partial charge in [0, 0.05) is 80.2 Å². The van der Waals surface area contributed by atoms with Gasteiger partial charge in [0.15, 0.2) is 10.8 Å². The Morgan fingerprint density at radius 1 is 0.793 bits per heavy atom. The molecule has 4 N–H and O–H groups in total. The summed E-state index contributed by atoms with van der Waals surface area (Å²) in [6.07, 6.45) is 10.2. The summed E-state index contributed by atoms with van der Waals surface area (Å²) in [6, 6.07) is 24.4. The van der Waals surface area contributed by atoms with Gasteiger partial charge in [0.1, 0.15) is 24.8 Å². The lowest BCUT2D eigenvalue weighted by Crippen LogP contribution is -2.64. The number of amides is 5. The van der Waals surface area contributed by atoms with Gasteiger partial charge in [-0.1, -0.05) is 61.6 Å². The highest BCUT2D eigenvalue weighted by atomic mass is 32.1. The molecule has 0 saturated heterocycles. The largest absolute Gasteiger partial charge is 0.491 e. The summed E-state index contributed by atoms with van der Waals surface area (Å²) in [5.41, 5.74) is 5.76. The maximum atomic E-state index is 13.7. The Balaban J connectivity index is 0.648. The number of hydrogen-bond acceptors (Lipinski definition) is 15. The van der Waals surface area contributed by atoms with E-state index in [0.717, 1.165) is 76.0 Å². The van der Waals surface area contributed by atoms with Crippen LogP contribution in [-0.4, -0.2) is 124 Å². The van der Waals surface area contributed by atoms with E-state index in [1.807, 2.05) is 83.2 Å². The molecule has 4 saturated carbocycles. The van der Waals surface area contributed by atoms with E-state index < -0.39 is 23.9 Å². The van der Waals surface area contributed by atoms with Crippen molar-refractivity contribution in [2.75, 3.05) is 62.8 Å². The maximum Gasteiger partial charge on any atom is 0.407 e. The Bertz CT molecular complexity index is 3420. The number of carbonyl (C=O) groups is 6.